The van der Waals surface area contributed by atoms with Crippen molar-refractivity contribution in [1.82, 2.24) is 0 Å². The first-order valence-corrected chi connectivity index (χ1v) is 5.80. The smallest absolute Gasteiger partial charge is 0.303 e. The third kappa shape index (κ3) is 4.10. The average molecular weight is 243 g/mol. The first-order valence-electron chi connectivity index (χ1n) is 4.92. The Morgan fingerprint density at radius 2 is 2.31 bits per heavy atom. The van der Waals surface area contributed by atoms with Crippen LogP contribution in [0.25, 0.3) is 0 Å². The van der Waals surface area contributed by atoms with Crippen molar-refractivity contribution in [3.8, 4) is 0 Å². The van der Waals surface area contributed by atoms with Crippen molar-refractivity contribution >= 4 is 23.4 Å². The second kappa shape index (κ2) is 5.75. The minimum absolute atomic E-state index is 0.0641. The fourth-order valence-electron chi connectivity index (χ4n) is 1.22. The SMILES string of the molecule is CC(CCC(=O)O)Sc1ccc(N)cc1F. The average Bonchev–Trinajstić information content (AvgIpc) is 2.19. The monoisotopic (exact) mass is 243 g/mol. The molecule has 1 rings (SSSR count). The molecule has 0 bridgehead atoms. The number of nitrogen functional groups attached to an aromatic ring is 1. The van der Waals surface area contributed by atoms with Crippen molar-refractivity contribution < 1.29 is 14.3 Å². The van der Waals surface area contributed by atoms with Crippen molar-refractivity contribution in [3.63, 3.8) is 0 Å². The predicted molar refractivity (Wildman–Crippen MR) is 63.0 cm³/mol. The summed E-state index contributed by atoms with van der Waals surface area (Å²) in [6.07, 6.45) is 0.620. The molecule has 88 valence electrons. The van der Waals surface area contributed by atoms with E-state index in [0.29, 0.717) is 17.0 Å². The fraction of sp³-hybridized carbons (Fsp3) is 0.364. The number of anilines is 1. The van der Waals surface area contributed by atoms with Crippen LogP contribution in [-0.4, -0.2) is 16.3 Å². The van der Waals surface area contributed by atoms with Gasteiger partial charge in [0.2, 0.25) is 0 Å². The Balaban J connectivity index is 2.55. The fourth-order valence-corrected chi connectivity index (χ4v) is 2.20. The molecular weight excluding hydrogens is 229 g/mol. The van der Waals surface area contributed by atoms with Gasteiger partial charge in [-0.2, -0.15) is 0 Å². The summed E-state index contributed by atoms with van der Waals surface area (Å²) in [4.78, 5) is 10.9. The summed E-state index contributed by atoms with van der Waals surface area (Å²) in [7, 11) is 0. The number of carboxylic acid groups (broad SMARTS) is 1. The number of aliphatic carboxylic acids is 1. The van der Waals surface area contributed by atoms with Gasteiger partial charge < -0.3 is 10.8 Å². The quantitative estimate of drug-likeness (QED) is 0.616. The minimum atomic E-state index is -0.828. The molecular formula is C11H14FNO2S. The number of thioether (sulfide) groups is 1. The standard InChI is InChI=1S/C11H14FNO2S/c1-7(2-5-11(14)15)16-10-4-3-8(13)6-9(10)12/h3-4,6-7H,2,5,13H2,1H3,(H,14,15). The lowest BCUT2D eigenvalue weighted by Gasteiger charge is -2.10. The zero-order chi connectivity index (χ0) is 12.1. The van der Waals surface area contributed by atoms with Crippen molar-refractivity contribution in [2.75, 3.05) is 5.73 Å². The van der Waals surface area contributed by atoms with E-state index in [1.54, 1.807) is 12.1 Å². The van der Waals surface area contributed by atoms with E-state index in [1.165, 1.54) is 17.8 Å². The molecule has 0 saturated heterocycles. The first-order chi connectivity index (χ1) is 7.49. The van der Waals surface area contributed by atoms with E-state index >= 15 is 0 Å². The molecule has 1 unspecified atom stereocenters. The largest absolute Gasteiger partial charge is 0.481 e. The number of hydrogen-bond donors (Lipinski definition) is 2. The van der Waals surface area contributed by atoms with Crippen LogP contribution in [0.3, 0.4) is 0 Å². The van der Waals surface area contributed by atoms with Crippen LogP contribution in [-0.2, 0) is 4.79 Å². The highest BCUT2D eigenvalue weighted by atomic mass is 32.2. The number of benzene rings is 1. The summed E-state index contributed by atoms with van der Waals surface area (Å²) >= 11 is 1.33. The highest BCUT2D eigenvalue weighted by Gasteiger charge is 2.10. The normalized spacial score (nSPS) is 12.4. The summed E-state index contributed by atoms with van der Waals surface area (Å²) in [5, 5.41) is 8.58. The second-order valence-corrected chi connectivity index (χ2v) is 5.03. The second-order valence-electron chi connectivity index (χ2n) is 3.55. The lowest BCUT2D eigenvalue weighted by molar-refractivity contribution is -0.137. The molecule has 3 nitrogen and oxygen atoms in total. The third-order valence-electron chi connectivity index (χ3n) is 2.05. The minimum Gasteiger partial charge on any atom is -0.481 e. The third-order valence-corrected chi connectivity index (χ3v) is 3.27. The molecule has 1 atom stereocenters. The lowest BCUT2D eigenvalue weighted by atomic mass is 10.2. The zero-order valence-electron chi connectivity index (χ0n) is 8.94. The van der Waals surface area contributed by atoms with Gasteiger partial charge in [0.15, 0.2) is 0 Å². The van der Waals surface area contributed by atoms with E-state index in [4.69, 9.17) is 10.8 Å². The van der Waals surface area contributed by atoms with Crippen molar-refractivity contribution in [1.29, 1.82) is 0 Å². The predicted octanol–water partition coefficient (Wildman–Crippen LogP) is 2.75. The summed E-state index contributed by atoms with van der Waals surface area (Å²) in [5.41, 5.74) is 5.82. The number of nitrogens with two attached hydrogens (primary N) is 1. The highest BCUT2D eigenvalue weighted by Crippen LogP contribution is 2.29. The van der Waals surface area contributed by atoms with Crippen LogP contribution in [0, 0.1) is 5.82 Å². The molecule has 0 heterocycles. The van der Waals surface area contributed by atoms with Crippen LogP contribution in [0.15, 0.2) is 23.1 Å². The van der Waals surface area contributed by atoms with Crippen LogP contribution < -0.4 is 5.73 Å². The Hall–Kier alpha value is -1.23. The van der Waals surface area contributed by atoms with Crippen LogP contribution >= 0.6 is 11.8 Å². The van der Waals surface area contributed by atoms with E-state index < -0.39 is 5.97 Å². The molecule has 0 fully saturated rings. The van der Waals surface area contributed by atoms with Crippen LogP contribution in [0.2, 0.25) is 0 Å². The summed E-state index contributed by atoms with van der Waals surface area (Å²) < 4.78 is 13.4. The Kier molecular flexibility index (Phi) is 4.61. The molecule has 0 aliphatic rings. The zero-order valence-corrected chi connectivity index (χ0v) is 9.76. The van der Waals surface area contributed by atoms with Crippen LogP contribution in [0.1, 0.15) is 19.8 Å². The van der Waals surface area contributed by atoms with Crippen LogP contribution in [0.5, 0.6) is 0 Å². The summed E-state index contributed by atoms with van der Waals surface area (Å²) in [6.45, 7) is 1.88. The molecule has 1 aromatic carbocycles. The van der Waals surface area contributed by atoms with Gasteiger partial charge in [-0.25, -0.2) is 4.39 Å². The molecule has 3 N–H and O–H groups in total. The van der Waals surface area contributed by atoms with Gasteiger partial charge in [0.1, 0.15) is 5.82 Å². The summed E-state index contributed by atoms with van der Waals surface area (Å²) in [5.74, 6) is -1.18. The van der Waals surface area contributed by atoms with Gasteiger partial charge in [-0.05, 0) is 24.6 Å². The highest BCUT2D eigenvalue weighted by molar-refractivity contribution is 8.00. The van der Waals surface area contributed by atoms with Gasteiger partial charge in [-0.3, -0.25) is 4.79 Å². The molecule has 5 heteroatoms. The maximum absolute atomic E-state index is 13.4. The first kappa shape index (κ1) is 12.8. The summed E-state index contributed by atoms with van der Waals surface area (Å²) in [6, 6.07) is 4.52. The van der Waals surface area contributed by atoms with Crippen LogP contribution in [0.4, 0.5) is 10.1 Å². The molecule has 16 heavy (non-hydrogen) atoms. The number of rotatable bonds is 5. The van der Waals surface area contributed by atoms with Crippen molar-refractivity contribution in [2.45, 2.75) is 29.9 Å². The molecule has 0 radical (unpaired) electrons. The molecule has 0 spiro atoms. The lowest BCUT2D eigenvalue weighted by Crippen LogP contribution is -2.02. The molecule has 1 aromatic rings. The Labute approximate surface area is 97.8 Å². The van der Waals surface area contributed by atoms with E-state index in [9.17, 15) is 9.18 Å². The van der Waals surface area contributed by atoms with Crippen molar-refractivity contribution in [2.24, 2.45) is 0 Å². The maximum Gasteiger partial charge on any atom is 0.303 e. The topological polar surface area (TPSA) is 63.3 Å². The van der Waals surface area contributed by atoms with E-state index in [0.717, 1.165) is 0 Å². The van der Waals surface area contributed by atoms with Gasteiger partial charge in [-0.1, -0.05) is 6.92 Å². The van der Waals surface area contributed by atoms with Gasteiger partial charge in [0.05, 0.1) is 0 Å². The van der Waals surface area contributed by atoms with Gasteiger partial charge >= 0.3 is 5.97 Å². The maximum atomic E-state index is 13.4. The number of hydrogen-bond acceptors (Lipinski definition) is 3. The van der Waals surface area contributed by atoms with Gasteiger partial charge in [0, 0.05) is 22.3 Å². The number of carbonyl (C=O) groups is 1. The van der Waals surface area contributed by atoms with Crippen molar-refractivity contribution in [3.05, 3.63) is 24.0 Å². The molecule has 0 aliphatic carbocycles. The molecule has 0 saturated carbocycles. The Morgan fingerprint density at radius 1 is 1.62 bits per heavy atom. The molecule has 0 aromatic heterocycles. The number of carboxylic acids is 1. The Morgan fingerprint density at radius 3 is 2.88 bits per heavy atom. The van der Waals surface area contributed by atoms with E-state index in [2.05, 4.69) is 0 Å². The van der Waals surface area contributed by atoms with E-state index in [1.807, 2.05) is 6.92 Å². The Bertz CT molecular complexity index is 384. The number of halogens is 1. The molecule has 0 aliphatic heterocycles. The van der Waals surface area contributed by atoms with E-state index in [-0.39, 0.29) is 17.5 Å². The molecule has 0 amide bonds. The van der Waals surface area contributed by atoms with Gasteiger partial charge in [0.25, 0.3) is 0 Å². The van der Waals surface area contributed by atoms with Gasteiger partial charge in [-0.15, -0.1) is 11.8 Å².